The third-order valence-electron chi connectivity index (χ3n) is 4.02. The molecule has 2 rings (SSSR count). The first-order valence-electron chi connectivity index (χ1n) is 8.77. The van der Waals surface area contributed by atoms with Crippen molar-refractivity contribution in [1.82, 2.24) is 0 Å². The summed E-state index contributed by atoms with van der Waals surface area (Å²) in [6.07, 6.45) is -0.0985. The van der Waals surface area contributed by atoms with Crippen LogP contribution in [0.4, 0.5) is 5.69 Å². The van der Waals surface area contributed by atoms with E-state index in [2.05, 4.69) is 5.32 Å². The molecule has 0 bridgehead atoms. The van der Waals surface area contributed by atoms with Crippen LogP contribution in [0.25, 0.3) is 0 Å². The van der Waals surface area contributed by atoms with Gasteiger partial charge in [-0.25, -0.2) is 4.79 Å². The summed E-state index contributed by atoms with van der Waals surface area (Å²) >= 11 is 0. The lowest BCUT2D eigenvalue weighted by molar-refractivity contribution is -0.122. The summed E-state index contributed by atoms with van der Waals surface area (Å²) in [5.41, 5.74) is 2.75. The van der Waals surface area contributed by atoms with Crippen molar-refractivity contribution in [2.45, 2.75) is 40.2 Å². The Hall–Kier alpha value is -2.82. The Kier molecular flexibility index (Phi) is 6.78. The van der Waals surface area contributed by atoms with Crippen molar-refractivity contribution in [2.75, 3.05) is 11.9 Å². The van der Waals surface area contributed by atoms with Gasteiger partial charge in [-0.05, 0) is 62.6 Å². The summed E-state index contributed by atoms with van der Waals surface area (Å²) in [7, 11) is 0. The quantitative estimate of drug-likeness (QED) is 0.753. The molecule has 0 spiro atoms. The third-order valence-corrected chi connectivity index (χ3v) is 4.02. The normalized spacial score (nSPS) is 11.5. The molecular weight excluding hydrogens is 330 g/mol. The van der Waals surface area contributed by atoms with E-state index in [1.807, 2.05) is 38.1 Å². The summed E-state index contributed by atoms with van der Waals surface area (Å²) in [6.45, 7) is 7.70. The van der Waals surface area contributed by atoms with Crippen molar-refractivity contribution in [3.8, 4) is 5.75 Å². The van der Waals surface area contributed by atoms with E-state index in [-0.39, 0.29) is 5.91 Å². The summed E-state index contributed by atoms with van der Waals surface area (Å²) < 4.78 is 10.9. The van der Waals surface area contributed by atoms with E-state index in [4.69, 9.17) is 9.47 Å². The number of benzene rings is 2. The van der Waals surface area contributed by atoms with E-state index in [9.17, 15) is 9.59 Å². The van der Waals surface area contributed by atoms with Crippen molar-refractivity contribution in [3.63, 3.8) is 0 Å². The summed E-state index contributed by atoms with van der Waals surface area (Å²) in [5.74, 6) is 0.00580. The number of hydrogen-bond donors (Lipinski definition) is 1. The Bertz CT molecular complexity index is 785. The van der Waals surface area contributed by atoms with Gasteiger partial charge in [0.05, 0.1) is 12.2 Å². The zero-order valence-corrected chi connectivity index (χ0v) is 15.7. The Morgan fingerprint density at radius 1 is 1.08 bits per heavy atom. The minimum atomic E-state index is -0.623. The predicted octanol–water partition coefficient (Wildman–Crippen LogP) is 4.28. The van der Waals surface area contributed by atoms with Gasteiger partial charge in [-0.3, -0.25) is 4.79 Å². The summed E-state index contributed by atoms with van der Waals surface area (Å²) in [6, 6.07) is 12.7. The highest BCUT2D eigenvalue weighted by Gasteiger charge is 2.20. The maximum atomic E-state index is 12.6. The van der Waals surface area contributed by atoms with Gasteiger partial charge in [-0.2, -0.15) is 0 Å². The fraction of sp³-hybridized carbons (Fsp3) is 0.333. The molecule has 0 saturated carbocycles. The first-order chi connectivity index (χ1) is 12.5. The highest BCUT2D eigenvalue weighted by Crippen LogP contribution is 2.21. The Morgan fingerprint density at radius 2 is 1.81 bits per heavy atom. The lowest BCUT2D eigenvalue weighted by Crippen LogP contribution is -2.32. The molecule has 0 unspecified atom stereocenters. The zero-order chi connectivity index (χ0) is 19.1. The minimum Gasteiger partial charge on any atom is -0.481 e. The van der Waals surface area contributed by atoms with Gasteiger partial charge in [0.2, 0.25) is 0 Å². The molecule has 138 valence electrons. The molecule has 0 aliphatic heterocycles. The van der Waals surface area contributed by atoms with Crippen molar-refractivity contribution in [3.05, 3.63) is 59.2 Å². The molecule has 1 atom stereocenters. The number of nitrogens with one attached hydrogen (secondary N) is 1. The molecule has 5 heteroatoms. The van der Waals surface area contributed by atoms with Crippen molar-refractivity contribution >= 4 is 17.6 Å². The smallest absolute Gasteiger partial charge is 0.338 e. The van der Waals surface area contributed by atoms with E-state index in [0.29, 0.717) is 35.6 Å². The number of esters is 1. The van der Waals surface area contributed by atoms with Gasteiger partial charge in [-0.15, -0.1) is 0 Å². The number of amides is 1. The van der Waals surface area contributed by atoms with Gasteiger partial charge in [0, 0.05) is 5.69 Å². The SMILES string of the molecule is CCOC(=O)c1cccc(NC(=O)[C@@H](CC)Oc2cccc(C)c2)c1C. The van der Waals surface area contributed by atoms with Crippen LogP contribution in [0.2, 0.25) is 0 Å². The highest BCUT2D eigenvalue weighted by atomic mass is 16.5. The fourth-order valence-corrected chi connectivity index (χ4v) is 2.59. The molecule has 0 aliphatic rings. The number of hydrogen-bond acceptors (Lipinski definition) is 4. The minimum absolute atomic E-state index is 0.252. The number of anilines is 1. The predicted molar refractivity (Wildman–Crippen MR) is 102 cm³/mol. The van der Waals surface area contributed by atoms with Crippen LogP contribution < -0.4 is 10.1 Å². The lowest BCUT2D eigenvalue weighted by Gasteiger charge is -2.19. The highest BCUT2D eigenvalue weighted by molar-refractivity contribution is 5.98. The van der Waals surface area contributed by atoms with Crippen LogP contribution in [0, 0.1) is 13.8 Å². The molecule has 0 aromatic heterocycles. The number of rotatable bonds is 7. The fourth-order valence-electron chi connectivity index (χ4n) is 2.59. The summed E-state index contributed by atoms with van der Waals surface area (Å²) in [4.78, 5) is 24.6. The van der Waals surface area contributed by atoms with Crippen LogP contribution in [0.1, 0.15) is 41.8 Å². The number of aryl methyl sites for hydroxylation is 1. The molecule has 0 aliphatic carbocycles. The van der Waals surface area contributed by atoms with Gasteiger partial charge in [0.15, 0.2) is 6.10 Å². The second kappa shape index (κ2) is 9.04. The third kappa shape index (κ3) is 4.85. The topological polar surface area (TPSA) is 64.6 Å². The van der Waals surface area contributed by atoms with Gasteiger partial charge in [0.25, 0.3) is 5.91 Å². The molecule has 2 aromatic rings. The first kappa shape index (κ1) is 19.5. The maximum Gasteiger partial charge on any atom is 0.338 e. The second-order valence-electron chi connectivity index (χ2n) is 6.02. The largest absolute Gasteiger partial charge is 0.481 e. The Balaban J connectivity index is 2.14. The van der Waals surface area contributed by atoms with Crippen LogP contribution in [0.3, 0.4) is 0 Å². The van der Waals surface area contributed by atoms with Crippen LogP contribution in [-0.4, -0.2) is 24.6 Å². The van der Waals surface area contributed by atoms with E-state index in [0.717, 1.165) is 5.56 Å². The van der Waals surface area contributed by atoms with Crippen molar-refractivity contribution in [1.29, 1.82) is 0 Å². The molecule has 1 N–H and O–H groups in total. The van der Waals surface area contributed by atoms with Gasteiger partial charge < -0.3 is 14.8 Å². The number of carbonyl (C=O) groups is 2. The van der Waals surface area contributed by atoms with Crippen LogP contribution in [-0.2, 0) is 9.53 Å². The van der Waals surface area contributed by atoms with Crippen molar-refractivity contribution < 1.29 is 19.1 Å². The summed E-state index contributed by atoms with van der Waals surface area (Å²) in [5, 5.41) is 2.86. The molecule has 0 heterocycles. The van der Waals surface area contributed by atoms with Crippen LogP contribution in [0.15, 0.2) is 42.5 Å². The molecule has 0 radical (unpaired) electrons. The molecule has 0 fully saturated rings. The number of ether oxygens (including phenoxy) is 2. The monoisotopic (exact) mass is 355 g/mol. The van der Waals surface area contributed by atoms with Gasteiger partial charge in [-0.1, -0.05) is 25.1 Å². The molecule has 5 nitrogen and oxygen atoms in total. The molecule has 0 saturated heterocycles. The zero-order valence-electron chi connectivity index (χ0n) is 15.7. The van der Waals surface area contributed by atoms with Crippen LogP contribution >= 0.6 is 0 Å². The average molecular weight is 355 g/mol. The van der Waals surface area contributed by atoms with Gasteiger partial charge >= 0.3 is 5.97 Å². The Morgan fingerprint density at radius 3 is 2.46 bits per heavy atom. The maximum absolute atomic E-state index is 12.6. The van der Waals surface area contributed by atoms with E-state index < -0.39 is 12.1 Å². The molecule has 26 heavy (non-hydrogen) atoms. The molecule has 2 aromatic carbocycles. The average Bonchev–Trinajstić information content (AvgIpc) is 2.61. The Labute approximate surface area is 154 Å². The first-order valence-corrected chi connectivity index (χ1v) is 8.77. The van der Waals surface area contributed by atoms with Gasteiger partial charge in [0.1, 0.15) is 5.75 Å². The van der Waals surface area contributed by atoms with E-state index >= 15 is 0 Å². The standard InChI is InChI=1S/C21H25NO4/c1-5-19(26-16-10-7-9-14(3)13-16)20(23)22-18-12-8-11-17(15(18)4)21(24)25-6-2/h7-13,19H,5-6H2,1-4H3,(H,22,23)/t19-/m1/s1. The van der Waals surface area contributed by atoms with E-state index in [1.165, 1.54) is 0 Å². The van der Waals surface area contributed by atoms with E-state index in [1.54, 1.807) is 32.0 Å². The van der Waals surface area contributed by atoms with Crippen LogP contribution in [0.5, 0.6) is 5.75 Å². The second-order valence-corrected chi connectivity index (χ2v) is 6.02. The number of carbonyl (C=O) groups excluding carboxylic acids is 2. The lowest BCUT2D eigenvalue weighted by atomic mass is 10.1. The van der Waals surface area contributed by atoms with Crippen molar-refractivity contribution in [2.24, 2.45) is 0 Å². The molecule has 1 amide bonds. The molecular formula is C21H25NO4.